The van der Waals surface area contributed by atoms with Crippen LogP contribution in [0.5, 0.6) is 0 Å². The third kappa shape index (κ3) is 7.57. The van der Waals surface area contributed by atoms with Crippen molar-refractivity contribution >= 4 is 55.6 Å². The molecule has 0 saturated heterocycles. The summed E-state index contributed by atoms with van der Waals surface area (Å²) in [6, 6.07) is 11.1. The monoisotopic (exact) mass is 566 g/mol. The van der Waals surface area contributed by atoms with Crippen LogP contribution in [0.25, 0.3) is 0 Å². The van der Waals surface area contributed by atoms with Crippen LogP contribution in [0.15, 0.2) is 66.9 Å². The van der Waals surface area contributed by atoms with Gasteiger partial charge in [0.2, 0.25) is 0 Å². The van der Waals surface area contributed by atoms with E-state index in [9.17, 15) is 25.3 Å². The Morgan fingerprint density at radius 1 is 0.667 bits per heavy atom. The van der Waals surface area contributed by atoms with E-state index in [-0.39, 0.29) is 19.5 Å². The predicted molar refractivity (Wildman–Crippen MR) is 110 cm³/mol. The summed E-state index contributed by atoms with van der Waals surface area (Å²) in [4.78, 5) is -1.75. The molecule has 9 nitrogen and oxygen atoms in total. The minimum atomic E-state index is -4.43. The minimum Gasteiger partial charge on any atom is -0.270 e. The fraction of sp³-hybridized carbons (Fsp3) is 0.200. The van der Waals surface area contributed by atoms with E-state index in [0.29, 0.717) is 12.1 Å². The summed E-state index contributed by atoms with van der Waals surface area (Å²) in [6.45, 7) is 0. The van der Waals surface area contributed by atoms with Crippen LogP contribution in [0.3, 0.4) is 0 Å². The summed E-state index contributed by atoms with van der Waals surface area (Å²) in [7, 11) is -10.7. The third-order valence-electron chi connectivity index (χ3n) is 3.26. The number of hydrogen-bond donors (Lipinski definition) is 2. The quantitative estimate of drug-likeness (QED) is 0.305. The summed E-state index contributed by atoms with van der Waals surface area (Å²) in [5.74, 6) is 0. The second kappa shape index (κ2) is 11.9. The van der Waals surface area contributed by atoms with E-state index in [1.807, 2.05) is 30.3 Å². The molecule has 0 fully saturated rings. The first-order valence-electron chi connectivity index (χ1n) is 7.35. The van der Waals surface area contributed by atoms with Crippen LogP contribution in [0.2, 0.25) is 0 Å². The van der Waals surface area contributed by atoms with Crippen molar-refractivity contribution in [1.29, 1.82) is 0 Å². The first-order chi connectivity index (χ1) is 13.3. The molecule has 164 valence electrons. The molecule has 2 aromatic carbocycles. The van der Waals surface area contributed by atoms with Crippen molar-refractivity contribution in [3.05, 3.63) is 42.5 Å². The van der Waals surface area contributed by atoms with Crippen LogP contribution in [-0.2, 0) is 62.4 Å². The van der Waals surface area contributed by atoms with Crippen molar-refractivity contribution in [3.63, 3.8) is 0 Å². The zero-order chi connectivity index (χ0) is 22.5. The molecule has 0 radical (unpaired) electrons. The van der Waals surface area contributed by atoms with Gasteiger partial charge in [-0.25, -0.2) is 0 Å². The van der Waals surface area contributed by atoms with Crippen molar-refractivity contribution in [2.24, 2.45) is 0 Å². The normalized spacial score (nSPS) is 11.8. The summed E-state index contributed by atoms with van der Waals surface area (Å²) in [5, 5.41) is 0. The predicted octanol–water partition coefficient (Wildman–Crippen LogP) is 1.95. The molecule has 0 spiro atoms. The van der Waals surface area contributed by atoms with Gasteiger partial charge in [-0.15, -0.1) is 25.3 Å². The Morgan fingerprint density at radius 2 is 1.03 bits per heavy atom. The van der Waals surface area contributed by atoms with Gasteiger partial charge < -0.3 is 0 Å². The van der Waals surface area contributed by atoms with Gasteiger partial charge in [0.05, 0.1) is 26.2 Å². The zero-order valence-electron chi connectivity index (χ0n) is 16.0. The molecule has 15 heteroatoms. The molecule has 0 atom stereocenters. The average molecular weight is 568 g/mol. The second-order valence-corrected chi connectivity index (χ2v) is 11.0. The first-order valence-corrected chi connectivity index (χ1v) is 12.5. The minimum absolute atomic E-state index is 0. The van der Waals surface area contributed by atoms with Crippen molar-refractivity contribution < 1.29 is 57.3 Å². The van der Waals surface area contributed by atoms with Gasteiger partial charge in [-0.2, -0.15) is 25.3 Å². The van der Waals surface area contributed by atoms with Crippen LogP contribution in [0.1, 0.15) is 0 Å². The molecule has 0 aliphatic carbocycles. The molecule has 0 aliphatic heterocycles. The zero-order valence-corrected chi connectivity index (χ0v) is 23.2. The van der Waals surface area contributed by atoms with Gasteiger partial charge in [-0.05, 0) is 24.3 Å². The first kappa shape index (κ1) is 29.5. The van der Waals surface area contributed by atoms with E-state index in [2.05, 4.69) is 37.8 Å². The van der Waals surface area contributed by atoms with E-state index in [1.54, 1.807) is 0 Å². The maximum absolute atomic E-state index is 11.8. The summed E-state index contributed by atoms with van der Waals surface area (Å²) < 4.78 is 83.5. The topological polar surface area (TPSA) is 130 Å². The SMILES string of the molecule is COS(=O)(=O)c1cc(S(=O)(=O)OC)c(S)c(S(=O)(=O)OC)c1.Sc1ccccc1.[Zn]. The van der Waals surface area contributed by atoms with Crippen LogP contribution in [0.4, 0.5) is 0 Å². The van der Waals surface area contributed by atoms with Crippen molar-refractivity contribution in [1.82, 2.24) is 0 Å². The van der Waals surface area contributed by atoms with Gasteiger partial charge in [0.25, 0.3) is 30.4 Å². The van der Waals surface area contributed by atoms with Gasteiger partial charge >= 0.3 is 0 Å². The van der Waals surface area contributed by atoms with E-state index < -0.39 is 49.9 Å². The molecular weight excluding hydrogens is 550 g/mol. The van der Waals surface area contributed by atoms with E-state index in [1.165, 1.54) is 0 Å². The Balaban J connectivity index is 0.000000886. The van der Waals surface area contributed by atoms with Crippen LogP contribution >= 0.6 is 25.3 Å². The molecule has 0 bridgehead atoms. The van der Waals surface area contributed by atoms with E-state index >= 15 is 0 Å². The molecule has 0 aromatic heterocycles. The van der Waals surface area contributed by atoms with Gasteiger partial charge in [0.1, 0.15) is 9.79 Å². The van der Waals surface area contributed by atoms with Gasteiger partial charge in [-0.3, -0.25) is 12.5 Å². The van der Waals surface area contributed by atoms with Crippen molar-refractivity contribution in [2.75, 3.05) is 21.3 Å². The Labute approximate surface area is 200 Å². The smallest absolute Gasteiger partial charge is 0.270 e. The standard InChI is InChI=1S/C9H12O9S4.C6H6S.Zn/c1-16-20(10,11)6-4-7(21(12,13)17-2)9(19)8(5-6)22(14,15)18-3;7-6-4-2-1-3-5-6;/h4-5,19H,1-3H3;1-5,7H;. The molecule has 0 amide bonds. The molecule has 2 rings (SSSR count). The van der Waals surface area contributed by atoms with Crippen LogP contribution < -0.4 is 0 Å². The summed E-state index contributed by atoms with van der Waals surface area (Å²) in [5.41, 5.74) is 0. The van der Waals surface area contributed by atoms with Crippen LogP contribution in [-0.4, -0.2) is 46.6 Å². The third-order valence-corrected chi connectivity index (χ3v) is 8.19. The number of benzene rings is 2. The number of hydrogen-bond acceptors (Lipinski definition) is 11. The summed E-state index contributed by atoms with van der Waals surface area (Å²) in [6.07, 6.45) is 0. The Morgan fingerprint density at radius 3 is 1.30 bits per heavy atom. The molecule has 30 heavy (non-hydrogen) atoms. The van der Waals surface area contributed by atoms with Crippen molar-refractivity contribution in [2.45, 2.75) is 24.5 Å². The average Bonchev–Trinajstić information content (AvgIpc) is 2.68. The summed E-state index contributed by atoms with van der Waals surface area (Å²) >= 11 is 7.91. The molecule has 0 saturated carbocycles. The molecule has 0 N–H and O–H groups in total. The Bertz CT molecular complexity index is 1110. The van der Waals surface area contributed by atoms with Gasteiger partial charge in [-0.1, -0.05) is 18.2 Å². The molecule has 2 aromatic rings. The molecule has 0 unspecified atom stereocenters. The van der Waals surface area contributed by atoms with E-state index in [4.69, 9.17) is 0 Å². The fourth-order valence-electron chi connectivity index (χ4n) is 1.79. The molecule has 0 aliphatic rings. The number of thiol groups is 2. The fourth-order valence-corrected chi connectivity index (χ4v) is 5.29. The Kier molecular flexibility index (Phi) is 11.7. The van der Waals surface area contributed by atoms with Crippen molar-refractivity contribution in [3.8, 4) is 0 Å². The molecular formula is C15H18O9S5Zn. The maximum Gasteiger partial charge on any atom is 0.297 e. The Hall–Kier alpha value is -0.507. The maximum atomic E-state index is 11.8. The van der Waals surface area contributed by atoms with Gasteiger partial charge in [0.15, 0.2) is 0 Å². The largest absolute Gasteiger partial charge is 0.297 e. The number of rotatable bonds is 6. The van der Waals surface area contributed by atoms with E-state index in [0.717, 1.165) is 26.2 Å². The molecule has 0 heterocycles. The van der Waals surface area contributed by atoms with Gasteiger partial charge in [0, 0.05) is 29.3 Å². The van der Waals surface area contributed by atoms with Crippen LogP contribution in [0, 0.1) is 0 Å². The second-order valence-electron chi connectivity index (χ2n) is 4.97.